The first-order valence-corrected chi connectivity index (χ1v) is 6.11. The molecule has 1 fully saturated rings. The minimum atomic E-state index is -1.18. The van der Waals surface area contributed by atoms with Crippen molar-refractivity contribution in [2.75, 3.05) is 32.8 Å². The number of carboxylic acids is 1. The fourth-order valence-corrected chi connectivity index (χ4v) is 1.59. The number of carbonyl (C=O) groups excluding carboxylic acids is 2. The quantitative estimate of drug-likeness (QED) is 0.522. The van der Waals surface area contributed by atoms with Crippen LogP contribution in [0.1, 0.15) is 12.8 Å². The smallest absolute Gasteiger partial charge is 0.322 e. The number of morpholine rings is 1. The van der Waals surface area contributed by atoms with Gasteiger partial charge in [0.25, 0.3) is 0 Å². The summed E-state index contributed by atoms with van der Waals surface area (Å²) < 4.78 is 5.12. The number of nitrogens with one attached hydrogen (secondary N) is 1. The van der Waals surface area contributed by atoms with Gasteiger partial charge >= 0.3 is 5.97 Å². The first kappa shape index (κ1) is 15.4. The van der Waals surface area contributed by atoms with Crippen LogP contribution in [-0.2, 0) is 19.1 Å². The van der Waals surface area contributed by atoms with Crippen molar-refractivity contribution in [3.8, 4) is 0 Å². The molecule has 1 aliphatic heterocycles. The number of rotatable bonds is 6. The molecule has 0 aliphatic carbocycles. The Hall–Kier alpha value is -1.67. The Morgan fingerprint density at radius 2 is 1.89 bits per heavy atom. The van der Waals surface area contributed by atoms with Gasteiger partial charge in [0.2, 0.25) is 11.8 Å². The van der Waals surface area contributed by atoms with Gasteiger partial charge in [0, 0.05) is 32.5 Å². The molecular weight excluding hydrogens is 254 g/mol. The average Bonchev–Trinajstić information content (AvgIpc) is 2.42. The zero-order valence-corrected chi connectivity index (χ0v) is 10.6. The zero-order chi connectivity index (χ0) is 14.3. The highest BCUT2D eigenvalue weighted by Gasteiger charge is 2.18. The van der Waals surface area contributed by atoms with Crippen LogP contribution in [0.3, 0.4) is 0 Å². The van der Waals surface area contributed by atoms with E-state index in [0.29, 0.717) is 26.3 Å². The first-order chi connectivity index (χ1) is 9.00. The summed E-state index contributed by atoms with van der Waals surface area (Å²) in [4.78, 5) is 35.2. The van der Waals surface area contributed by atoms with E-state index in [2.05, 4.69) is 5.32 Å². The van der Waals surface area contributed by atoms with E-state index < -0.39 is 12.0 Å². The third-order valence-electron chi connectivity index (χ3n) is 2.77. The number of aliphatic carboxylic acids is 1. The van der Waals surface area contributed by atoms with Crippen molar-refractivity contribution in [3.63, 3.8) is 0 Å². The summed E-state index contributed by atoms with van der Waals surface area (Å²) in [5.74, 6) is -1.65. The molecule has 1 saturated heterocycles. The predicted octanol–water partition coefficient (Wildman–Crippen LogP) is -1.85. The number of ether oxygens (including phenoxy) is 1. The van der Waals surface area contributed by atoms with Crippen molar-refractivity contribution in [1.82, 2.24) is 10.2 Å². The largest absolute Gasteiger partial charge is 0.480 e. The summed E-state index contributed by atoms with van der Waals surface area (Å²) in [5, 5.41) is 10.9. The van der Waals surface area contributed by atoms with Crippen LogP contribution in [0.5, 0.6) is 0 Å². The second kappa shape index (κ2) is 7.70. The van der Waals surface area contributed by atoms with Gasteiger partial charge in [0.1, 0.15) is 6.04 Å². The van der Waals surface area contributed by atoms with E-state index in [1.807, 2.05) is 0 Å². The van der Waals surface area contributed by atoms with Crippen molar-refractivity contribution in [2.45, 2.75) is 18.9 Å². The molecule has 8 nitrogen and oxygen atoms in total. The lowest BCUT2D eigenvalue weighted by atomic mass is 10.2. The van der Waals surface area contributed by atoms with Crippen LogP contribution >= 0.6 is 0 Å². The van der Waals surface area contributed by atoms with E-state index >= 15 is 0 Å². The van der Waals surface area contributed by atoms with Gasteiger partial charge in [-0.15, -0.1) is 0 Å². The predicted molar refractivity (Wildman–Crippen MR) is 65.3 cm³/mol. The van der Waals surface area contributed by atoms with Crippen LogP contribution in [0.15, 0.2) is 0 Å². The third-order valence-corrected chi connectivity index (χ3v) is 2.77. The van der Waals surface area contributed by atoms with Gasteiger partial charge in [-0.25, -0.2) is 0 Å². The summed E-state index contributed by atoms with van der Waals surface area (Å²) in [7, 11) is 0. The van der Waals surface area contributed by atoms with E-state index in [-0.39, 0.29) is 31.2 Å². The highest BCUT2D eigenvalue weighted by Crippen LogP contribution is 2.02. The molecule has 1 rings (SSSR count). The number of carboxylic acid groups (broad SMARTS) is 1. The fourth-order valence-electron chi connectivity index (χ4n) is 1.59. The van der Waals surface area contributed by atoms with E-state index in [4.69, 9.17) is 15.6 Å². The van der Waals surface area contributed by atoms with Crippen LogP contribution in [0.4, 0.5) is 0 Å². The molecule has 2 amide bonds. The second-order valence-corrected chi connectivity index (χ2v) is 4.24. The lowest BCUT2D eigenvalue weighted by molar-refractivity contribution is -0.139. The van der Waals surface area contributed by atoms with Crippen LogP contribution < -0.4 is 11.1 Å². The second-order valence-electron chi connectivity index (χ2n) is 4.24. The van der Waals surface area contributed by atoms with Crippen LogP contribution in [0.2, 0.25) is 0 Å². The highest BCUT2D eigenvalue weighted by atomic mass is 16.5. The van der Waals surface area contributed by atoms with Gasteiger partial charge in [0.15, 0.2) is 0 Å². The zero-order valence-electron chi connectivity index (χ0n) is 10.6. The van der Waals surface area contributed by atoms with Crippen molar-refractivity contribution in [2.24, 2.45) is 5.73 Å². The standard InChI is InChI=1S/C11H19N3O5/c12-8(11(17)18)7-13-9(15)1-2-10(16)14-3-5-19-6-4-14/h8H,1-7,12H2,(H,13,15)(H,17,18)/t8-/m0/s1. The Labute approximate surface area is 110 Å². The monoisotopic (exact) mass is 273 g/mol. The fraction of sp³-hybridized carbons (Fsp3) is 0.727. The molecule has 0 bridgehead atoms. The summed E-state index contributed by atoms with van der Waals surface area (Å²) in [6.07, 6.45) is 0.136. The third kappa shape index (κ3) is 5.66. The molecule has 0 aromatic rings. The van der Waals surface area contributed by atoms with Gasteiger partial charge in [0.05, 0.1) is 13.2 Å². The number of nitrogens with two attached hydrogens (primary N) is 1. The SMILES string of the molecule is N[C@@H](CNC(=O)CCC(=O)N1CCOCC1)C(=O)O. The molecule has 0 aromatic heterocycles. The maximum Gasteiger partial charge on any atom is 0.322 e. The molecule has 1 aliphatic rings. The van der Waals surface area contributed by atoms with Crippen molar-refractivity contribution >= 4 is 17.8 Å². The Kier molecular flexibility index (Phi) is 6.23. The molecule has 0 aromatic carbocycles. The Morgan fingerprint density at radius 3 is 2.47 bits per heavy atom. The van der Waals surface area contributed by atoms with Crippen LogP contribution in [0, 0.1) is 0 Å². The number of hydrogen-bond donors (Lipinski definition) is 3. The Morgan fingerprint density at radius 1 is 1.26 bits per heavy atom. The summed E-state index contributed by atoms with van der Waals surface area (Å²) in [6.45, 7) is 1.99. The van der Waals surface area contributed by atoms with Gasteiger partial charge < -0.3 is 25.8 Å². The number of amides is 2. The molecule has 108 valence electrons. The van der Waals surface area contributed by atoms with Crippen molar-refractivity contribution in [3.05, 3.63) is 0 Å². The van der Waals surface area contributed by atoms with Gasteiger partial charge in [-0.2, -0.15) is 0 Å². The van der Waals surface area contributed by atoms with Crippen LogP contribution in [-0.4, -0.2) is 66.7 Å². The van der Waals surface area contributed by atoms with E-state index in [1.165, 1.54) is 0 Å². The maximum absolute atomic E-state index is 11.7. The highest BCUT2D eigenvalue weighted by molar-refractivity contribution is 5.84. The molecule has 1 atom stereocenters. The average molecular weight is 273 g/mol. The van der Waals surface area contributed by atoms with Gasteiger partial charge in [-0.3, -0.25) is 14.4 Å². The minimum absolute atomic E-state index is 0.0303. The van der Waals surface area contributed by atoms with Gasteiger partial charge in [-0.05, 0) is 0 Å². The minimum Gasteiger partial charge on any atom is -0.480 e. The lowest BCUT2D eigenvalue weighted by Crippen LogP contribution is -2.43. The molecule has 4 N–H and O–H groups in total. The van der Waals surface area contributed by atoms with Crippen molar-refractivity contribution in [1.29, 1.82) is 0 Å². The summed E-state index contributed by atoms with van der Waals surface area (Å²) in [5.41, 5.74) is 5.23. The molecule has 0 radical (unpaired) electrons. The summed E-state index contributed by atoms with van der Waals surface area (Å²) in [6, 6.07) is -1.13. The lowest BCUT2D eigenvalue weighted by Gasteiger charge is -2.26. The van der Waals surface area contributed by atoms with Crippen LogP contribution in [0.25, 0.3) is 0 Å². The van der Waals surface area contributed by atoms with Gasteiger partial charge in [-0.1, -0.05) is 0 Å². The molecule has 0 unspecified atom stereocenters. The maximum atomic E-state index is 11.7. The number of carbonyl (C=O) groups is 3. The normalized spacial score (nSPS) is 16.8. The number of nitrogens with zero attached hydrogens (tertiary/aromatic N) is 1. The Bertz CT molecular complexity index is 341. The molecule has 1 heterocycles. The topological polar surface area (TPSA) is 122 Å². The summed E-state index contributed by atoms with van der Waals surface area (Å²) >= 11 is 0. The Balaban J connectivity index is 2.18. The van der Waals surface area contributed by atoms with E-state index in [0.717, 1.165) is 0 Å². The molecule has 8 heteroatoms. The van der Waals surface area contributed by atoms with E-state index in [9.17, 15) is 14.4 Å². The molecule has 19 heavy (non-hydrogen) atoms. The first-order valence-electron chi connectivity index (χ1n) is 6.11. The number of hydrogen-bond acceptors (Lipinski definition) is 5. The van der Waals surface area contributed by atoms with E-state index in [1.54, 1.807) is 4.90 Å². The molecular formula is C11H19N3O5. The molecule has 0 spiro atoms. The molecule has 0 saturated carbocycles. The van der Waals surface area contributed by atoms with Crippen molar-refractivity contribution < 1.29 is 24.2 Å².